The predicted molar refractivity (Wildman–Crippen MR) is 43.2 cm³/mol. The second kappa shape index (κ2) is 3.51. The van der Waals surface area contributed by atoms with E-state index in [1.54, 1.807) is 14.2 Å². The molecule has 0 bridgehead atoms. The molecule has 10 heavy (non-hydrogen) atoms. The maximum absolute atomic E-state index is 5.16. The van der Waals surface area contributed by atoms with Crippen molar-refractivity contribution in [2.75, 3.05) is 14.2 Å². The van der Waals surface area contributed by atoms with E-state index in [1.807, 2.05) is 6.08 Å². The van der Waals surface area contributed by atoms with E-state index in [9.17, 15) is 0 Å². The standard InChI is InChI=1S/C7H11BrO2/c1-9-5-3-6(8)7(4-5)10-2/h3,5,7H,4H2,1-2H3. The smallest absolute Gasteiger partial charge is 0.0911 e. The van der Waals surface area contributed by atoms with Crippen LogP contribution in [0.5, 0.6) is 0 Å². The molecule has 1 aliphatic rings. The van der Waals surface area contributed by atoms with Crippen molar-refractivity contribution < 1.29 is 9.47 Å². The minimum absolute atomic E-state index is 0.199. The van der Waals surface area contributed by atoms with Gasteiger partial charge in [-0.2, -0.15) is 0 Å². The summed E-state index contributed by atoms with van der Waals surface area (Å²) in [6, 6.07) is 0. The molecule has 0 heterocycles. The quantitative estimate of drug-likeness (QED) is 0.686. The summed E-state index contributed by atoms with van der Waals surface area (Å²) in [7, 11) is 3.41. The van der Waals surface area contributed by atoms with Crippen molar-refractivity contribution >= 4 is 15.9 Å². The van der Waals surface area contributed by atoms with E-state index in [4.69, 9.17) is 9.47 Å². The molecule has 2 unspecified atom stereocenters. The molecule has 0 fully saturated rings. The van der Waals surface area contributed by atoms with Crippen LogP contribution in [0.15, 0.2) is 10.6 Å². The molecule has 0 N–H and O–H groups in total. The molecule has 1 aliphatic carbocycles. The molecule has 0 saturated carbocycles. The lowest BCUT2D eigenvalue weighted by Crippen LogP contribution is -2.11. The molecule has 3 heteroatoms. The summed E-state index contributed by atoms with van der Waals surface area (Å²) >= 11 is 3.40. The van der Waals surface area contributed by atoms with Gasteiger partial charge in [-0.15, -0.1) is 0 Å². The number of hydrogen-bond donors (Lipinski definition) is 0. The van der Waals surface area contributed by atoms with Crippen LogP contribution >= 0.6 is 15.9 Å². The van der Waals surface area contributed by atoms with Crippen molar-refractivity contribution in [3.05, 3.63) is 10.6 Å². The third-order valence-corrected chi connectivity index (χ3v) is 2.46. The fraction of sp³-hybridized carbons (Fsp3) is 0.714. The molecule has 58 valence electrons. The monoisotopic (exact) mass is 206 g/mol. The molecule has 0 aromatic carbocycles. The van der Waals surface area contributed by atoms with E-state index in [-0.39, 0.29) is 12.2 Å². The summed E-state index contributed by atoms with van der Waals surface area (Å²) in [6.45, 7) is 0. The van der Waals surface area contributed by atoms with Gasteiger partial charge in [0.1, 0.15) is 0 Å². The van der Waals surface area contributed by atoms with E-state index in [0.29, 0.717) is 0 Å². The first-order valence-electron chi connectivity index (χ1n) is 3.20. The van der Waals surface area contributed by atoms with Gasteiger partial charge >= 0.3 is 0 Å². The van der Waals surface area contributed by atoms with Crippen molar-refractivity contribution in [3.63, 3.8) is 0 Å². The number of methoxy groups -OCH3 is 2. The summed E-state index contributed by atoms with van der Waals surface area (Å²) in [6.07, 6.45) is 3.38. The lowest BCUT2D eigenvalue weighted by atomic mass is 10.3. The van der Waals surface area contributed by atoms with Gasteiger partial charge in [0.15, 0.2) is 0 Å². The van der Waals surface area contributed by atoms with Crippen LogP contribution in [-0.4, -0.2) is 26.4 Å². The SMILES string of the molecule is COC1C=C(Br)C(OC)C1. The predicted octanol–water partition coefficient (Wildman–Crippen LogP) is 1.70. The molecule has 2 atom stereocenters. The van der Waals surface area contributed by atoms with Crippen molar-refractivity contribution in [1.82, 2.24) is 0 Å². The lowest BCUT2D eigenvalue weighted by molar-refractivity contribution is 0.0798. The van der Waals surface area contributed by atoms with Crippen LogP contribution < -0.4 is 0 Å². The summed E-state index contributed by atoms with van der Waals surface area (Å²) in [4.78, 5) is 0. The average molecular weight is 207 g/mol. The molecule has 0 radical (unpaired) electrons. The summed E-state index contributed by atoms with van der Waals surface area (Å²) < 4.78 is 11.4. The molecule has 1 rings (SSSR count). The summed E-state index contributed by atoms with van der Waals surface area (Å²) in [5, 5.41) is 0. The number of rotatable bonds is 2. The Morgan fingerprint density at radius 2 is 2.20 bits per heavy atom. The first-order chi connectivity index (χ1) is 4.77. The highest BCUT2D eigenvalue weighted by Gasteiger charge is 2.23. The molecule has 0 spiro atoms. The van der Waals surface area contributed by atoms with Crippen LogP contribution in [0.25, 0.3) is 0 Å². The second-order valence-corrected chi connectivity index (χ2v) is 3.20. The maximum Gasteiger partial charge on any atom is 0.0911 e. The van der Waals surface area contributed by atoms with Crippen molar-refractivity contribution in [2.24, 2.45) is 0 Å². The van der Waals surface area contributed by atoms with Crippen molar-refractivity contribution in [2.45, 2.75) is 18.6 Å². The van der Waals surface area contributed by atoms with Crippen molar-refractivity contribution in [3.8, 4) is 0 Å². The summed E-state index contributed by atoms with van der Waals surface area (Å²) in [5.74, 6) is 0. The molecule has 0 aromatic rings. The topological polar surface area (TPSA) is 18.5 Å². The van der Waals surface area contributed by atoms with E-state index < -0.39 is 0 Å². The zero-order valence-electron chi connectivity index (χ0n) is 6.13. The number of halogens is 1. The van der Waals surface area contributed by atoms with Gasteiger partial charge in [-0.3, -0.25) is 0 Å². The minimum Gasteiger partial charge on any atom is -0.377 e. The second-order valence-electron chi connectivity index (χ2n) is 2.29. The number of hydrogen-bond acceptors (Lipinski definition) is 2. The molecule has 0 saturated heterocycles. The van der Waals surface area contributed by atoms with E-state index in [1.165, 1.54) is 0 Å². The Labute approximate surface area is 69.3 Å². The third kappa shape index (κ3) is 1.59. The normalized spacial score (nSPS) is 32.5. The Kier molecular flexibility index (Phi) is 2.89. The largest absolute Gasteiger partial charge is 0.377 e. The van der Waals surface area contributed by atoms with Crippen LogP contribution in [0.2, 0.25) is 0 Å². The van der Waals surface area contributed by atoms with Crippen LogP contribution in [-0.2, 0) is 9.47 Å². The molecule has 2 nitrogen and oxygen atoms in total. The zero-order chi connectivity index (χ0) is 7.56. The van der Waals surface area contributed by atoms with Gasteiger partial charge < -0.3 is 9.47 Å². The highest BCUT2D eigenvalue weighted by atomic mass is 79.9. The molecule has 0 amide bonds. The molecule has 0 aromatic heterocycles. The number of ether oxygens (including phenoxy) is 2. The maximum atomic E-state index is 5.16. The highest BCUT2D eigenvalue weighted by molar-refractivity contribution is 9.11. The third-order valence-electron chi connectivity index (χ3n) is 1.69. The zero-order valence-corrected chi connectivity index (χ0v) is 7.72. The Bertz CT molecular complexity index is 145. The van der Waals surface area contributed by atoms with Gasteiger partial charge in [0.05, 0.1) is 12.2 Å². The minimum atomic E-state index is 0.199. The molecular weight excluding hydrogens is 196 g/mol. The van der Waals surface area contributed by atoms with Gasteiger partial charge in [0.25, 0.3) is 0 Å². The summed E-state index contributed by atoms with van der Waals surface area (Å²) in [5.41, 5.74) is 0. The van der Waals surface area contributed by atoms with Crippen molar-refractivity contribution in [1.29, 1.82) is 0 Å². The van der Waals surface area contributed by atoms with Crippen LogP contribution in [0.1, 0.15) is 6.42 Å². The van der Waals surface area contributed by atoms with E-state index >= 15 is 0 Å². The van der Waals surface area contributed by atoms with Gasteiger partial charge in [-0.25, -0.2) is 0 Å². The molecular formula is C7H11BrO2. The lowest BCUT2D eigenvalue weighted by Gasteiger charge is -2.09. The van der Waals surface area contributed by atoms with Crippen LogP contribution in [0, 0.1) is 0 Å². The first kappa shape index (κ1) is 8.24. The van der Waals surface area contributed by atoms with Crippen LogP contribution in [0.4, 0.5) is 0 Å². The van der Waals surface area contributed by atoms with Gasteiger partial charge in [0, 0.05) is 25.1 Å². The van der Waals surface area contributed by atoms with Crippen LogP contribution in [0.3, 0.4) is 0 Å². The van der Waals surface area contributed by atoms with Gasteiger partial charge in [-0.1, -0.05) is 15.9 Å². The molecule has 0 aliphatic heterocycles. The van der Waals surface area contributed by atoms with E-state index in [0.717, 1.165) is 10.9 Å². The fourth-order valence-electron chi connectivity index (χ4n) is 1.05. The van der Waals surface area contributed by atoms with E-state index in [2.05, 4.69) is 15.9 Å². The first-order valence-corrected chi connectivity index (χ1v) is 4.00. The fourth-order valence-corrected chi connectivity index (χ4v) is 1.72. The Morgan fingerprint density at radius 3 is 2.50 bits per heavy atom. The Morgan fingerprint density at radius 1 is 1.50 bits per heavy atom. The Hall–Kier alpha value is 0.140. The van der Waals surface area contributed by atoms with Gasteiger partial charge in [0.2, 0.25) is 0 Å². The average Bonchev–Trinajstić information content (AvgIpc) is 2.30. The highest BCUT2D eigenvalue weighted by Crippen LogP contribution is 2.27. The Balaban J connectivity index is 2.50. The van der Waals surface area contributed by atoms with Gasteiger partial charge in [-0.05, 0) is 6.08 Å².